The fourth-order valence-electron chi connectivity index (χ4n) is 2.38. The highest BCUT2D eigenvalue weighted by Gasteiger charge is 2.27. The normalized spacial score (nSPS) is 14.5. The molecule has 2 rings (SSSR count). The zero-order valence-corrected chi connectivity index (χ0v) is 14.5. The van der Waals surface area contributed by atoms with Crippen LogP contribution in [0, 0.1) is 3.57 Å². The van der Waals surface area contributed by atoms with E-state index in [0.717, 1.165) is 28.5 Å². The maximum Gasteiger partial charge on any atom is 0.229 e. The van der Waals surface area contributed by atoms with Gasteiger partial charge in [-0.05, 0) is 47.6 Å². The zero-order valence-electron chi connectivity index (χ0n) is 12.3. The largest absolute Gasteiger partial charge is 0.325 e. The van der Waals surface area contributed by atoms with Gasteiger partial charge in [-0.3, -0.25) is 19.3 Å². The van der Waals surface area contributed by atoms with E-state index in [1.54, 1.807) is 0 Å². The van der Waals surface area contributed by atoms with E-state index in [1.807, 2.05) is 24.3 Å². The van der Waals surface area contributed by atoms with Crippen molar-refractivity contribution in [1.29, 1.82) is 0 Å². The Morgan fingerprint density at radius 2 is 1.77 bits per heavy atom. The van der Waals surface area contributed by atoms with Crippen LogP contribution in [-0.4, -0.2) is 29.2 Å². The van der Waals surface area contributed by atoms with Gasteiger partial charge in [-0.15, -0.1) is 0 Å². The quantitative estimate of drug-likeness (QED) is 0.424. The van der Waals surface area contributed by atoms with E-state index >= 15 is 0 Å². The number of imide groups is 1. The summed E-state index contributed by atoms with van der Waals surface area (Å²) in [6.07, 6.45) is 3.48. The molecule has 3 amide bonds. The predicted molar refractivity (Wildman–Crippen MR) is 92.2 cm³/mol. The Morgan fingerprint density at radius 3 is 2.45 bits per heavy atom. The smallest absolute Gasteiger partial charge is 0.229 e. The number of amides is 3. The molecule has 5 nitrogen and oxygen atoms in total. The fourth-order valence-corrected chi connectivity index (χ4v) is 2.90. The lowest BCUT2D eigenvalue weighted by atomic mass is 10.1. The molecule has 1 N–H and O–H groups in total. The topological polar surface area (TPSA) is 66.5 Å². The molecule has 0 atom stereocenters. The van der Waals surface area contributed by atoms with Crippen LogP contribution in [0.25, 0.3) is 0 Å². The number of carbonyl (C=O) groups is 3. The highest BCUT2D eigenvalue weighted by Crippen LogP contribution is 2.17. The minimum Gasteiger partial charge on any atom is -0.325 e. The van der Waals surface area contributed by atoms with Crippen LogP contribution in [-0.2, 0) is 14.4 Å². The van der Waals surface area contributed by atoms with E-state index < -0.39 is 0 Å². The summed E-state index contributed by atoms with van der Waals surface area (Å²) in [5, 5.41) is 2.89. The van der Waals surface area contributed by atoms with Crippen molar-refractivity contribution in [3.63, 3.8) is 0 Å². The summed E-state index contributed by atoms with van der Waals surface area (Å²) in [5.74, 6) is -0.139. The predicted octanol–water partition coefficient (Wildman–Crippen LogP) is 2.94. The Balaban J connectivity index is 1.62. The Labute approximate surface area is 143 Å². The molecule has 0 unspecified atom stereocenters. The minimum atomic E-state index is -0.0682. The lowest BCUT2D eigenvalue weighted by molar-refractivity contribution is -0.138. The number of benzene rings is 1. The lowest BCUT2D eigenvalue weighted by Crippen LogP contribution is -2.29. The summed E-state index contributed by atoms with van der Waals surface area (Å²) in [7, 11) is 0. The molecule has 1 heterocycles. The third kappa shape index (κ3) is 4.79. The second kappa shape index (κ2) is 8.26. The molecule has 0 radical (unpaired) electrons. The van der Waals surface area contributed by atoms with Crippen molar-refractivity contribution < 1.29 is 14.4 Å². The van der Waals surface area contributed by atoms with Gasteiger partial charge >= 0.3 is 0 Å². The van der Waals surface area contributed by atoms with Crippen molar-refractivity contribution in [3.05, 3.63) is 27.8 Å². The first-order valence-electron chi connectivity index (χ1n) is 7.45. The third-order valence-electron chi connectivity index (χ3n) is 3.59. The van der Waals surface area contributed by atoms with Gasteiger partial charge in [-0.25, -0.2) is 0 Å². The SMILES string of the molecule is O=C(CCCCCN1C(=O)CCC1=O)Nc1ccccc1I. The van der Waals surface area contributed by atoms with Gasteiger partial charge in [0.1, 0.15) is 0 Å². The van der Waals surface area contributed by atoms with Crippen LogP contribution < -0.4 is 5.32 Å². The van der Waals surface area contributed by atoms with Crippen molar-refractivity contribution in [3.8, 4) is 0 Å². The Kier molecular flexibility index (Phi) is 6.35. The molecule has 118 valence electrons. The van der Waals surface area contributed by atoms with Crippen LogP contribution in [0.5, 0.6) is 0 Å². The summed E-state index contributed by atoms with van der Waals surface area (Å²) in [6, 6.07) is 7.64. The molecular formula is C16H19IN2O3. The van der Waals surface area contributed by atoms with Gasteiger partial charge in [-0.1, -0.05) is 18.6 Å². The van der Waals surface area contributed by atoms with Crippen molar-refractivity contribution in [2.24, 2.45) is 0 Å². The van der Waals surface area contributed by atoms with Crippen LogP contribution in [0.15, 0.2) is 24.3 Å². The van der Waals surface area contributed by atoms with Crippen molar-refractivity contribution in [2.75, 3.05) is 11.9 Å². The molecule has 6 heteroatoms. The fraction of sp³-hybridized carbons (Fsp3) is 0.438. The standard InChI is InChI=1S/C16H19IN2O3/c17-12-6-3-4-7-13(12)18-14(20)8-2-1-5-11-19-15(21)9-10-16(19)22/h3-4,6-7H,1-2,5,8-11H2,(H,18,20). The molecule has 0 spiro atoms. The summed E-state index contributed by atoms with van der Waals surface area (Å²) in [4.78, 5) is 36.1. The summed E-state index contributed by atoms with van der Waals surface area (Å²) >= 11 is 2.19. The molecule has 0 aromatic heterocycles. The Hall–Kier alpha value is -1.44. The molecule has 0 saturated carbocycles. The van der Waals surface area contributed by atoms with Crippen LogP contribution in [0.3, 0.4) is 0 Å². The molecular weight excluding hydrogens is 395 g/mol. The van der Waals surface area contributed by atoms with Crippen LogP contribution >= 0.6 is 22.6 Å². The molecule has 1 aliphatic heterocycles. The lowest BCUT2D eigenvalue weighted by Gasteiger charge is -2.13. The second-order valence-electron chi connectivity index (χ2n) is 5.28. The number of anilines is 1. The Morgan fingerprint density at radius 1 is 1.09 bits per heavy atom. The van der Waals surface area contributed by atoms with E-state index in [9.17, 15) is 14.4 Å². The highest BCUT2D eigenvalue weighted by molar-refractivity contribution is 14.1. The summed E-state index contributed by atoms with van der Waals surface area (Å²) in [6.45, 7) is 0.482. The van der Waals surface area contributed by atoms with E-state index in [2.05, 4.69) is 27.9 Å². The van der Waals surface area contributed by atoms with Crippen LogP contribution in [0.1, 0.15) is 38.5 Å². The summed E-state index contributed by atoms with van der Waals surface area (Å²) < 4.78 is 1.01. The van der Waals surface area contributed by atoms with E-state index in [0.29, 0.717) is 25.8 Å². The maximum atomic E-state index is 11.9. The van der Waals surface area contributed by atoms with Crippen molar-refractivity contribution >= 4 is 46.0 Å². The number of carbonyl (C=O) groups excluding carboxylic acids is 3. The maximum absolute atomic E-state index is 11.9. The number of hydrogen-bond donors (Lipinski definition) is 1. The number of unbranched alkanes of at least 4 members (excludes halogenated alkanes) is 2. The molecule has 0 aliphatic carbocycles. The molecule has 1 aromatic rings. The average Bonchev–Trinajstić information content (AvgIpc) is 2.81. The number of halogens is 1. The van der Waals surface area contributed by atoms with E-state index in [4.69, 9.17) is 0 Å². The van der Waals surface area contributed by atoms with Gasteiger partial charge < -0.3 is 5.32 Å². The number of likely N-dealkylation sites (tertiary alicyclic amines) is 1. The first-order valence-corrected chi connectivity index (χ1v) is 8.53. The number of nitrogens with zero attached hydrogens (tertiary/aromatic N) is 1. The number of nitrogens with one attached hydrogen (secondary N) is 1. The first-order chi connectivity index (χ1) is 10.6. The molecule has 1 aliphatic rings. The van der Waals surface area contributed by atoms with E-state index in [-0.39, 0.29) is 17.7 Å². The van der Waals surface area contributed by atoms with Crippen LogP contribution in [0.4, 0.5) is 5.69 Å². The highest BCUT2D eigenvalue weighted by atomic mass is 127. The van der Waals surface area contributed by atoms with Gasteiger partial charge in [0.15, 0.2) is 0 Å². The van der Waals surface area contributed by atoms with Gasteiger partial charge in [0.05, 0.1) is 5.69 Å². The van der Waals surface area contributed by atoms with Crippen molar-refractivity contribution in [1.82, 2.24) is 4.90 Å². The second-order valence-corrected chi connectivity index (χ2v) is 6.44. The van der Waals surface area contributed by atoms with Crippen LogP contribution in [0.2, 0.25) is 0 Å². The number of para-hydroxylation sites is 1. The molecule has 1 saturated heterocycles. The van der Waals surface area contributed by atoms with E-state index in [1.165, 1.54) is 4.90 Å². The summed E-state index contributed by atoms with van der Waals surface area (Å²) in [5.41, 5.74) is 0.835. The minimum absolute atomic E-state index is 0.00237. The monoisotopic (exact) mass is 414 g/mol. The number of hydrogen-bond acceptors (Lipinski definition) is 3. The third-order valence-corrected chi connectivity index (χ3v) is 4.53. The van der Waals surface area contributed by atoms with Crippen molar-refractivity contribution in [2.45, 2.75) is 38.5 Å². The number of rotatable bonds is 7. The van der Waals surface area contributed by atoms with Gasteiger partial charge in [0.25, 0.3) is 0 Å². The first kappa shape index (κ1) is 16.9. The average molecular weight is 414 g/mol. The van der Waals surface area contributed by atoms with Gasteiger partial charge in [0.2, 0.25) is 17.7 Å². The molecule has 1 aromatic carbocycles. The van der Waals surface area contributed by atoms with Gasteiger partial charge in [0, 0.05) is 29.4 Å². The molecule has 22 heavy (non-hydrogen) atoms. The molecule has 0 bridgehead atoms. The Bertz CT molecular complexity index is 558. The molecule has 1 fully saturated rings. The van der Waals surface area contributed by atoms with Gasteiger partial charge in [-0.2, -0.15) is 0 Å². The zero-order chi connectivity index (χ0) is 15.9.